The SMILES string of the molecule is CC(C)NCC(=O)NCC[C@H](O)C(=O)O. The second-order valence-corrected chi connectivity index (χ2v) is 3.53. The van der Waals surface area contributed by atoms with E-state index in [1.807, 2.05) is 13.8 Å². The maximum Gasteiger partial charge on any atom is 0.332 e. The Hall–Kier alpha value is -1.14. The van der Waals surface area contributed by atoms with E-state index in [-0.39, 0.29) is 31.5 Å². The first-order chi connectivity index (χ1) is 6.93. The molecule has 0 aromatic rings. The second-order valence-electron chi connectivity index (χ2n) is 3.53. The lowest BCUT2D eigenvalue weighted by molar-refractivity contribution is -0.147. The predicted octanol–water partition coefficient (Wildman–Crippen LogP) is -1.06. The van der Waals surface area contributed by atoms with Crippen LogP contribution in [0.3, 0.4) is 0 Å². The van der Waals surface area contributed by atoms with Crippen LogP contribution in [0.25, 0.3) is 0 Å². The number of aliphatic carboxylic acids is 1. The van der Waals surface area contributed by atoms with Crippen molar-refractivity contribution in [3.63, 3.8) is 0 Å². The molecule has 0 unspecified atom stereocenters. The minimum absolute atomic E-state index is 0.0166. The summed E-state index contributed by atoms with van der Waals surface area (Å²) in [7, 11) is 0. The molecule has 0 bridgehead atoms. The van der Waals surface area contributed by atoms with Gasteiger partial charge in [-0.25, -0.2) is 4.79 Å². The lowest BCUT2D eigenvalue weighted by Crippen LogP contribution is -2.38. The molecule has 6 heteroatoms. The number of nitrogens with one attached hydrogen (secondary N) is 2. The van der Waals surface area contributed by atoms with E-state index in [0.717, 1.165) is 0 Å². The summed E-state index contributed by atoms with van der Waals surface area (Å²) in [4.78, 5) is 21.3. The zero-order chi connectivity index (χ0) is 11.8. The highest BCUT2D eigenvalue weighted by atomic mass is 16.4. The van der Waals surface area contributed by atoms with Gasteiger partial charge < -0.3 is 20.8 Å². The highest BCUT2D eigenvalue weighted by molar-refractivity contribution is 5.78. The van der Waals surface area contributed by atoms with Gasteiger partial charge in [-0.15, -0.1) is 0 Å². The molecule has 0 heterocycles. The molecule has 4 N–H and O–H groups in total. The van der Waals surface area contributed by atoms with Crippen molar-refractivity contribution in [2.75, 3.05) is 13.1 Å². The van der Waals surface area contributed by atoms with Gasteiger partial charge in [0, 0.05) is 19.0 Å². The molecule has 0 saturated heterocycles. The lowest BCUT2D eigenvalue weighted by atomic mass is 10.2. The molecule has 1 atom stereocenters. The second kappa shape index (κ2) is 7.19. The third kappa shape index (κ3) is 7.90. The van der Waals surface area contributed by atoms with Crippen molar-refractivity contribution in [3.8, 4) is 0 Å². The number of aliphatic hydroxyl groups excluding tert-OH is 1. The molecule has 0 rings (SSSR count). The van der Waals surface area contributed by atoms with E-state index in [4.69, 9.17) is 10.2 Å². The van der Waals surface area contributed by atoms with Crippen LogP contribution < -0.4 is 10.6 Å². The molecule has 0 aliphatic heterocycles. The Bertz CT molecular complexity index is 218. The lowest BCUT2D eigenvalue weighted by Gasteiger charge is -2.09. The quantitative estimate of drug-likeness (QED) is 0.436. The summed E-state index contributed by atoms with van der Waals surface area (Å²) in [5, 5.41) is 22.7. The van der Waals surface area contributed by atoms with Crippen LogP contribution in [-0.2, 0) is 9.59 Å². The molecular weight excluding hydrogens is 200 g/mol. The fourth-order valence-electron chi connectivity index (χ4n) is 0.831. The van der Waals surface area contributed by atoms with Crippen molar-refractivity contribution in [2.24, 2.45) is 0 Å². The fourth-order valence-corrected chi connectivity index (χ4v) is 0.831. The molecule has 0 spiro atoms. The molecule has 0 aliphatic rings. The summed E-state index contributed by atoms with van der Waals surface area (Å²) in [6.45, 7) is 4.19. The zero-order valence-electron chi connectivity index (χ0n) is 8.99. The molecule has 0 saturated carbocycles. The summed E-state index contributed by atoms with van der Waals surface area (Å²) in [5.41, 5.74) is 0. The van der Waals surface area contributed by atoms with Gasteiger partial charge in [-0.3, -0.25) is 4.79 Å². The Morgan fingerprint density at radius 1 is 1.33 bits per heavy atom. The maximum atomic E-state index is 11.1. The smallest absolute Gasteiger partial charge is 0.332 e. The Morgan fingerprint density at radius 2 is 1.93 bits per heavy atom. The summed E-state index contributed by atoms with van der Waals surface area (Å²) < 4.78 is 0. The standard InChI is InChI=1S/C9H18N2O4/c1-6(2)11-5-8(13)10-4-3-7(12)9(14)15/h6-7,11-12H,3-5H2,1-2H3,(H,10,13)(H,14,15)/t7-/m0/s1. The molecule has 0 fully saturated rings. The van der Waals surface area contributed by atoms with E-state index in [2.05, 4.69) is 10.6 Å². The number of hydrogen-bond acceptors (Lipinski definition) is 4. The van der Waals surface area contributed by atoms with Gasteiger partial charge in [0.05, 0.1) is 6.54 Å². The number of carbonyl (C=O) groups excluding carboxylic acids is 1. The Balaban J connectivity index is 3.51. The van der Waals surface area contributed by atoms with Crippen LogP contribution >= 0.6 is 0 Å². The number of aliphatic hydroxyl groups is 1. The first kappa shape index (κ1) is 13.9. The van der Waals surface area contributed by atoms with E-state index < -0.39 is 12.1 Å². The molecule has 0 aromatic heterocycles. The van der Waals surface area contributed by atoms with E-state index >= 15 is 0 Å². The third-order valence-corrected chi connectivity index (χ3v) is 1.70. The first-order valence-corrected chi connectivity index (χ1v) is 4.84. The van der Waals surface area contributed by atoms with Crippen LogP contribution in [0.15, 0.2) is 0 Å². The van der Waals surface area contributed by atoms with Gasteiger partial charge in [-0.2, -0.15) is 0 Å². The third-order valence-electron chi connectivity index (χ3n) is 1.70. The van der Waals surface area contributed by atoms with E-state index in [0.29, 0.717) is 0 Å². The van der Waals surface area contributed by atoms with Crippen LogP contribution in [0.5, 0.6) is 0 Å². The molecule has 15 heavy (non-hydrogen) atoms. The number of carbonyl (C=O) groups is 2. The largest absolute Gasteiger partial charge is 0.479 e. The molecule has 1 amide bonds. The van der Waals surface area contributed by atoms with Crippen LogP contribution in [-0.4, -0.2) is 47.3 Å². The molecule has 0 aliphatic carbocycles. The number of rotatable bonds is 7. The zero-order valence-corrected chi connectivity index (χ0v) is 8.99. The predicted molar refractivity (Wildman–Crippen MR) is 54.4 cm³/mol. The van der Waals surface area contributed by atoms with Gasteiger partial charge in [0.15, 0.2) is 6.10 Å². The van der Waals surface area contributed by atoms with Gasteiger partial charge >= 0.3 is 5.97 Å². The van der Waals surface area contributed by atoms with Crippen molar-refractivity contribution in [2.45, 2.75) is 32.4 Å². The molecular formula is C9H18N2O4. The first-order valence-electron chi connectivity index (χ1n) is 4.84. The number of hydrogen-bond donors (Lipinski definition) is 4. The molecule has 0 aromatic carbocycles. The fraction of sp³-hybridized carbons (Fsp3) is 0.778. The average Bonchev–Trinajstić information content (AvgIpc) is 2.14. The Kier molecular flexibility index (Phi) is 6.64. The van der Waals surface area contributed by atoms with Crippen molar-refractivity contribution in [1.29, 1.82) is 0 Å². The van der Waals surface area contributed by atoms with E-state index in [1.54, 1.807) is 0 Å². The molecule has 88 valence electrons. The van der Waals surface area contributed by atoms with Crippen LogP contribution in [0, 0.1) is 0 Å². The van der Waals surface area contributed by atoms with Crippen molar-refractivity contribution >= 4 is 11.9 Å². The van der Waals surface area contributed by atoms with Crippen molar-refractivity contribution in [1.82, 2.24) is 10.6 Å². The monoisotopic (exact) mass is 218 g/mol. The Labute approximate surface area is 88.7 Å². The van der Waals surface area contributed by atoms with E-state index in [9.17, 15) is 9.59 Å². The summed E-state index contributed by atoms with van der Waals surface area (Å²) >= 11 is 0. The summed E-state index contributed by atoms with van der Waals surface area (Å²) in [6.07, 6.45) is -1.40. The average molecular weight is 218 g/mol. The van der Waals surface area contributed by atoms with Crippen LogP contribution in [0.4, 0.5) is 0 Å². The minimum atomic E-state index is -1.41. The minimum Gasteiger partial charge on any atom is -0.479 e. The van der Waals surface area contributed by atoms with Gasteiger partial charge in [0.25, 0.3) is 0 Å². The normalized spacial score (nSPS) is 12.5. The summed E-state index contributed by atoms with van der Waals surface area (Å²) in [5.74, 6) is -1.48. The van der Waals surface area contributed by atoms with Crippen LogP contribution in [0.2, 0.25) is 0 Å². The number of carboxylic acids is 1. The highest BCUT2D eigenvalue weighted by Gasteiger charge is 2.12. The molecule has 0 radical (unpaired) electrons. The Morgan fingerprint density at radius 3 is 2.40 bits per heavy atom. The van der Waals surface area contributed by atoms with Gasteiger partial charge in [-0.05, 0) is 0 Å². The van der Waals surface area contributed by atoms with Crippen molar-refractivity contribution in [3.05, 3.63) is 0 Å². The van der Waals surface area contributed by atoms with Gasteiger partial charge in [-0.1, -0.05) is 13.8 Å². The van der Waals surface area contributed by atoms with Crippen molar-refractivity contribution < 1.29 is 19.8 Å². The van der Waals surface area contributed by atoms with Gasteiger partial charge in [0.2, 0.25) is 5.91 Å². The van der Waals surface area contributed by atoms with Gasteiger partial charge in [0.1, 0.15) is 0 Å². The number of carboxylic acid groups (broad SMARTS) is 1. The number of amides is 1. The maximum absolute atomic E-state index is 11.1. The topological polar surface area (TPSA) is 98.7 Å². The summed E-state index contributed by atoms with van der Waals surface area (Å²) in [6, 6.07) is 0.223. The van der Waals surface area contributed by atoms with Crippen LogP contribution in [0.1, 0.15) is 20.3 Å². The van der Waals surface area contributed by atoms with E-state index in [1.165, 1.54) is 0 Å². The highest BCUT2D eigenvalue weighted by Crippen LogP contribution is 1.88. The molecule has 6 nitrogen and oxygen atoms in total.